The van der Waals surface area contributed by atoms with Gasteiger partial charge < -0.3 is 10.4 Å². The molecule has 122 valence electrons. The van der Waals surface area contributed by atoms with Gasteiger partial charge in [0.2, 0.25) is 0 Å². The van der Waals surface area contributed by atoms with E-state index in [4.69, 9.17) is 5.11 Å². The summed E-state index contributed by atoms with van der Waals surface area (Å²) in [6, 6.07) is 5.28. The predicted octanol–water partition coefficient (Wildman–Crippen LogP) is 2.12. The number of benzene rings is 1. The third-order valence-corrected chi connectivity index (χ3v) is 4.33. The first-order chi connectivity index (χ1) is 11.1. The fourth-order valence-corrected chi connectivity index (χ4v) is 3.04. The van der Waals surface area contributed by atoms with Crippen LogP contribution in [-0.2, 0) is 4.79 Å². The zero-order valence-corrected chi connectivity index (χ0v) is 12.9. The van der Waals surface area contributed by atoms with E-state index in [-0.39, 0.29) is 24.4 Å². The molecule has 1 aliphatic carbocycles. The molecule has 1 aliphatic rings. The fourth-order valence-electron chi connectivity index (χ4n) is 3.04. The van der Waals surface area contributed by atoms with Crippen molar-refractivity contribution in [1.82, 2.24) is 14.9 Å². The van der Waals surface area contributed by atoms with Crippen molar-refractivity contribution < 1.29 is 14.3 Å². The van der Waals surface area contributed by atoms with Gasteiger partial charge in [-0.25, -0.2) is 14.4 Å². The summed E-state index contributed by atoms with van der Waals surface area (Å²) < 4.78 is 13.8. The summed E-state index contributed by atoms with van der Waals surface area (Å²) in [5.41, 5.74) is 0.307. The SMILES string of the molecule is CCN(CC(=O)O)C1CC(Nc2ncnc3c(F)cccc23)C1. The molecule has 0 saturated heterocycles. The molecule has 0 atom stereocenters. The molecule has 0 bridgehead atoms. The van der Waals surface area contributed by atoms with E-state index >= 15 is 0 Å². The number of carbonyl (C=O) groups is 1. The quantitative estimate of drug-likeness (QED) is 0.849. The van der Waals surface area contributed by atoms with Crippen molar-refractivity contribution in [3.8, 4) is 0 Å². The van der Waals surface area contributed by atoms with Gasteiger partial charge in [-0.15, -0.1) is 0 Å². The van der Waals surface area contributed by atoms with E-state index < -0.39 is 5.97 Å². The van der Waals surface area contributed by atoms with Gasteiger partial charge >= 0.3 is 5.97 Å². The van der Waals surface area contributed by atoms with Crippen LogP contribution in [0.25, 0.3) is 10.9 Å². The number of hydrogen-bond acceptors (Lipinski definition) is 5. The number of carboxylic acids is 1. The van der Waals surface area contributed by atoms with Crippen molar-refractivity contribution in [2.45, 2.75) is 31.8 Å². The first-order valence-electron chi connectivity index (χ1n) is 7.70. The zero-order chi connectivity index (χ0) is 16.4. The maximum Gasteiger partial charge on any atom is 0.317 e. The van der Waals surface area contributed by atoms with Gasteiger partial charge in [0.15, 0.2) is 0 Å². The minimum Gasteiger partial charge on any atom is -0.480 e. The molecule has 0 radical (unpaired) electrons. The molecule has 1 heterocycles. The molecule has 0 aliphatic heterocycles. The summed E-state index contributed by atoms with van der Waals surface area (Å²) in [7, 11) is 0. The Morgan fingerprint density at radius 1 is 1.43 bits per heavy atom. The Hall–Kier alpha value is -2.28. The third kappa shape index (κ3) is 3.24. The number of likely N-dealkylation sites (N-methyl/N-ethyl adjacent to an activating group) is 1. The van der Waals surface area contributed by atoms with Crippen LogP contribution >= 0.6 is 0 Å². The Bertz CT molecular complexity index is 718. The molecule has 1 aromatic carbocycles. The monoisotopic (exact) mass is 318 g/mol. The van der Waals surface area contributed by atoms with Crippen LogP contribution in [0.15, 0.2) is 24.5 Å². The first kappa shape index (κ1) is 15.6. The summed E-state index contributed by atoms with van der Waals surface area (Å²) in [4.78, 5) is 21.0. The van der Waals surface area contributed by atoms with E-state index in [1.165, 1.54) is 12.4 Å². The molecular weight excluding hydrogens is 299 g/mol. The van der Waals surface area contributed by atoms with Crippen molar-refractivity contribution >= 4 is 22.7 Å². The van der Waals surface area contributed by atoms with Crippen LogP contribution in [0.3, 0.4) is 0 Å². The van der Waals surface area contributed by atoms with Gasteiger partial charge in [-0.2, -0.15) is 0 Å². The van der Waals surface area contributed by atoms with Crippen molar-refractivity contribution in [2.24, 2.45) is 0 Å². The zero-order valence-electron chi connectivity index (χ0n) is 12.9. The average Bonchev–Trinajstić information content (AvgIpc) is 2.49. The summed E-state index contributed by atoms with van der Waals surface area (Å²) >= 11 is 0. The van der Waals surface area contributed by atoms with Crippen molar-refractivity contribution in [3.05, 3.63) is 30.3 Å². The van der Waals surface area contributed by atoms with Crippen molar-refractivity contribution in [2.75, 3.05) is 18.4 Å². The lowest BCUT2D eigenvalue weighted by molar-refractivity contribution is -0.139. The smallest absolute Gasteiger partial charge is 0.317 e. The number of aromatic nitrogens is 2. The van der Waals surface area contributed by atoms with E-state index in [1.54, 1.807) is 12.1 Å². The Morgan fingerprint density at radius 3 is 2.91 bits per heavy atom. The number of carboxylic acid groups (broad SMARTS) is 1. The number of aliphatic carboxylic acids is 1. The number of nitrogens with zero attached hydrogens (tertiary/aromatic N) is 3. The fraction of sp³-hybridized carbons (Fsp3) is 0.438. The van der Waals surface area contributed by atoms with Gasteiger partial charge in [0.25, 0.3) is 0 Å². The molecule has 23 heavy (non-hydrogen) atoms. The summed E-state index contributed by atoms with van der Waals surface area (Å²) in [6.45, 7) is 2.74. The average molecular weight is 318 g/mol. The molecule has 6 nitrogen and oxygen atoms in total. The van der Waals surface area contributed by atoms with Gasteiger partial charge in [0.1, 0.15) is 23.5 Å². The largest absolute Gasteiger partial charge is 0.480 e. The number of fused-ring (bicyclic) bond motifs is 1. The molecule has 3 rings (SSSR count). The molecule has 1 saturated carbocycles. The predicted molar refractivity (Wildman–Crippen MR) is 84.8 cm³/mol. The highest BCUT2D eigenvalue weighted by Crippen LogP contribution is 2.30. The van der Waals surface area contributed by atoms with Gasteiger partial charge in [-0.05, 0) is 31.5 Å². The minimum atomic E-state index is -0.805. The van der Waals surface area contributed by atoms with Gasteiger partial charge in [0.05, 0.1) is 6.54 Å². The molecule has 0 unspecified atom stereocenters. The van der Waals surface area contributed by atoms with Crippen LogP contribution in [0.2, 0.25) is 0 Å². The second-order valence-electron chi connectivity index (χ2n) is 5.78. The number of rotatable bonds is 6. The van der Waals surface area contributed by atoms with Crippen molar-refractivity contribution in [1.29, 1.82) is 0 Å². The molecular formula is C16H19FN4O2. The maximum absolute atomic E-state index is 13.8. The maximum atomic E-state index is 13.8. The highest BCUT2D eigenvalue weighted by Gasteiger charge is 2.34. The molecule has 0 amide bonds. The second kappa shape index (κ2) is 6.45. The lowest BCUT2D eigenvalue weighted by Gasteiger charge is -2.42. The van der Waals surface area contributed by atoms with E-state index in [0.29, 0.717) is 23.3 Å². The Labute approximate surface area is 133 Å². The minimum absolute atomic E-state index is 0.0650. The van der Waals surface area contributed by atoms with Crippen LogP contribution in [0.5, 0.6) is 0 Å². The van der Waals surface area contributed by atoms with E-state index in [9.17, 15) is 9.18 Å². The normalized spacial score (nSPS) is 20.5. The van der Waals surface area contributed by atoms with Crippen LogP contribution in [-0.4, -0.2) is 51.1 Å². The first-order valence-corrected chi connectivity index (χ1v) is 7.70. The third-order valence-electron chi connectivity index (χ3n) is 4.33. The standard InChI is InChI=1S/C16H19FN4O2/c1-2-21(8-14(22)23)11-6-10(7-11)20-16-12-4-3-5-13(17)15(12)18-9-19-16/h3-5,9-11H,2,6-8H2,1H3,(H,22,23)(H,18,19,20). The molecule has 2 N–H and O–H groups in total. The highest BCUT2D eigenvalue weighted by molar-refractivity contribution is 5.89. The Morgan fingerprint density at radius 2 is 2.22 bits per heavy atom. The lowest BCUT2D eigenvalue weighted by atomic mass is 9.85. The van der Waals surface area contributed by atoms with Crippen molar-refractivity contribution in [3.63, 3.8) is 0 Å². The van der Waals surface area contributed by atoms with Crippen LogP contribution in [0.1, 0.15) is 19.8 Å². The number of nitrogens with one attached hydrogen (secondary N) is 1. The van der Waals surface area contributed by atoms with Crippen LogP contribution in [0.4, 0.5) is 10.2 Å². The molecule has 1 aromatic heterocycles. The number of hydrogen-bond donors (Lipinski definition) is 2. The number of anilines is 1. The van der Waals surface area contributed by atoms with Gasteiger partial charge in [0, 0.05) is 17.5 Å². The van der Waals surface area contributed by atoms with Crippen LogP contribution < -0.4 is 5.32 Å². The van der Waals surface area contributed by atoms with Crippen LogP contribution in [0, 0.1) is 5.82 Å². The summed E-state index contributed by atoms with van der Waals surface area (Å²) in [6.07, 6.45) is 3.05. The summed E-state index contributed by atoms with van der Waals surface area (Å²) in [5.74, 6) is -0.544. The lowest BCUT2D eigenvalue weighted by Crippen LogP contribution is -2.51. The molecule has 7 heteroatoms. The second-order valence-corrected chi connectivity index (χ2v) is 5.78. The Balaban J connectivity index is 1.66. The molecule has 0 spiro atoms. The van der Waals surface area contributed by atoms with E-state index in [0.717, 1.165) is 12.8 Å². The number of para-hydroxylation sites is 1. The van der Waals surface area contributed by atoms with E-state index in [2.05, 4.69) is 15.3 Å². The van der Waals surface area contributed by atoms with Gasteiger partial charge in [-0.1, -0.05) is 13.0 Å². The summed E-state index contributed by atoms with van der Waals surface area (Å²) in [5, 5.41) is 12.9. The molecule has 1 fully saturated rings. The number of halogens is 1. The van der Waals surface area contributed by atoms with E-state index in [1.807, 2.05) is 11.8 Å². The topological polar surface area (TPSA) is 78.4 Å². The Kier molecular flexibility index (Phi) is 4.38. The van der Waals surface area contributed by atoms with Gasteiger partial charge in [-0.3, -0.25) is 9.69 Å². The highest BCUT2D eigenvalue weighted by atomic mass is 19.1. The molecule has 2 aromatic rings.